The maximum Gasteiger partial charge on any atom is 0.319 e. The van der Waals surface area contributed by atoms with Gasteiger partial charge in [0.05, 0.1) is 24.4 Å². The van der Waals surface area contributed by atoms with E-state index >= 15 is 0 Å². The topological polar surface area (TPSA) is 128 Å². The average molecular weight is 606 g/mol. The molecule has 7 unspecified atom stereocenters. The monoisotopic (exact) mass is 605 g/mol. The van der Waals surface area contributed by atoms with Crippen LogP contribution in [0, 0.1) is 50.7 Å². The Bertz CT molecular complexity index is 1100. The Morgan fingerprint density at radius 1 is 1.02 bits per heavy atom. The van der Waals surface area contributed by atoms with E-state index in [9.17, 15) is 19.8 Å². The lowest BCUT2D eigenvalue weighted by Crippen LogP contribution is -2.60. The Hall–Kier alpha value is -1.22. The van der Waals surface area contributed by atoms with Gasteiger partial charge >= 0.3 is 11.9 Å². The Balaban J connectivity index is 1.39. The van der Waals surface area contributed by atoms with Gasteiger partial charge in [-0.3, -0.25) is 9.59 Å². The SMILES string of the molecule is COC(C[C@@H](C)[C@H]1C[C@H](O)[C@@]2(C)C3CC[C@H]4C(C)(C)C(OC(=O)CN)CCC45CC35CCC12C)C(OC(C)=O)C(C)(C)O. The van der Waals surface area contributed by atoms with Crippen LogP contribution < -0.4 is 5.73 Å². The maximum atomic E-state index is 12.2. The van der Waals surface area contributed by atoms with Gasteiger partial charge in [0.15, 0.2) is 6.10 Å². The summed E-state index contributed by atoms with van der Waals surface area (Å²) in [6.45, 7) is 16.3. The van der Waals surface area contributed by atoms with Crippen molar-refractivity contribution >= 4 is 11.9 Å². The third kappa shape index (κ3) is 4.66. The number of nitrogens with two attached hydrogens (primary N) is 1. The van der Waals surface area contributed by atoms with E-state index in [0.717, 1.165) is 38.5 Å². The summed E-state index contributed by atoms with van der Waals surface area (Å²) in [6.07, 6.45) is 7.40. The molecule has 0 aliphatic heterocycles. The first-order valence-corrected chi connectivity index (χ1v) is 16.9. The van der Waals surface area contributed by atoms with Gasteiger partial charge in [-0.1, -0.05) is 34.6 Å². The molecule has 0 aromatic rings. The minimum absolute atomic E-state index is 0.0360. The van der Waals surface area contributed by atoms with Crippen LogP contribution in [0.25, 0.3) is 0 Å². The molecule has 0 amide bonds. The fourth-order valence-corrected chi connectivity index (χ4v) is 12.4. The molecule has 8 heteroatoms. The van der Waals surface area contributed by atoms with E-state index in [1.54, 1.807) is 21.0 Å². The molecule has 0 radical (unpaired) electrons. The fraction of sp³-hybridized carbons (Fsp3) is 0.943. The molecule has 5 aliphatic carbocycles. The molecule has 5 aliphatic rings. The van der Waals surface area contributed by atoms with Crippen molar-refractivity contribution in [1.82, 2.24) is 0 Å². The highest BCUT2D eigenvalue weighted by Crippen LogP contribution is 2.89. The molecule has 0 bridgehead atoms. The molecule has 246 valence electrons. The van der Waals surface area contributed by atoms with Crippen LogP contribution in [0.1, 0.15) is 113 Å². The normalized spacial score (nSPS) is 45.0. The zero-order valence-corrected chi connectivity index (χ0v) is 28.2. The van der Waals surface area contributed by atoms with E-state index in [2.05, 4.69) is 34.6 Å². The van der Waals surface area contributed by atoms with Crippen molar-refractivity contribution in [1.29, 1.82) is 0 Å². The predicted molar refractivity (Wildman–Crippen MR) is 164 cm³/mol. The number of hydrogen-bond donors (Lipinski definition) is 3. The summed E-state index contributed by atoms with van der Waals surface area (Å²) in [5.41, 5.74) is 4.55. The summed E-state index contributed by atoms with van der Waals surface area (Å²) in [7, 11) is 1.62. The van der Waals surface area contributed by atoms with Crippen molar-refractivity contribution in [3.63, 3.8) is 0 Å². The largest absolute Gasteiger partial charge is 0.461 e. The smallest absolute Gasteiger partial charge is 0.319 e. The second-order valence-corrected chi connectivity index (χ2v) is 16.9. The number of aliphatic hydroxyl groups is 2. The molecule has 4 N–H and O–H groups in total. The standard InChI is InChI=1S/C35H59NO7/c1-20(16-23(41-9)29(31(5,6)40)42-21(2)37)22-17-26(38)33(8)25-11-10-24-30(3,4)27(43-28(39)18-36)12-13-34(24)19-35(25,34)15-14-32(22,33)7/h20,22-27,29,38,40H,10-19,36H2,1-9H3/t20-,22-,23?,24+,25?,26+,27?,29?,32?,33-,34?,35?/m1/s1. The van der Waals surface area contributed by atoms with Crippen LogP contribution in [0.2, 0.25) is 0 Å². The van der Waals surface area contributed by atoms with Gasteiger partial charge in [-0.2, -0.15) is 0 Å². The Kier molecular flexibility index (Phi) is 8.22. The molecule has 2 spiro atoms. The molecule has 5 rings (SSSR count). The number of aliphatic hydroxyl groups excluding tert-OH is 1. The number of rotatable bonds is 9. The molecule has 0 saturated heterocycles. The number of carbonyl (C=O) groups is 2. The van der Waals surface area contributed by atoms with Gasteiger partial charge in [-0.05, 0) is 112 Å². The van der Waals surface area contributed by atoms with Gasteiger partial charge in [0, 0.05) is 24.9 Å². The molecule has 12 atom stereocenters. The highest BCUT2D eigenvalue weighted by molar-refractivity contribution is 5.71. The molecular weight excluding hydrogens is 546 g/mol. The predicted octanol–water partition coefficient (Wildman–Crippen LogP) is 5.01. The van der Waals surface area contributed by atoms with Gasteiger partial charge in [0.25, 0.3) is 0 Å². The van der Waals surface area contributed by atoms with E-state index < -0.39 is 23.8 Å². The lowest BCUT2D eigenvalue weighted by atomic mass is 9.41. The number of hydrogen-bond acceptors (Lipinski definition) is 8. The Labute approximate surface area is 259 Å². The van der Waals surface area contributed by atoms with Crippen molar-refractivity contribution < 1.29 is 34.0 Å². The zero-order chi connectivity index (χ0) is 32.0. The lowest BCUT2D eigenvalue weighted by Gasteiger charge is -2.64. The highest BCUT2D eigenvalue weighted by Gasteiger charge is 2.83. The third-order valence-electron chi connectivity index (χ3n) is 14.5. The van der Waals surface area contributed by atoms with Crippen molar-refractivity contribution in [2.45, 2.75) is 143 Å². The summed E-state index contributed by atoms with van der Waals surface area (Å²) in [5.74, 6) is 0.725. The minimum atomic E-state index is -1.24. The number of carbonyl (C=O) groups excluding carboxylic acids is 2. The van der Waals surface area contributed by atoms with Crippen LogP contribution in [0.15, 0.2) is 0 Å². The summed E-state index contributed by atoms with van der Waals surface area (Å²) in [6, 6.07) is 0. The Morgan fingerprint density at radius 2 is 1.65 bits per heavy atom. The molecule has 0 heterocycles. The van der Waals surface area contributed by atoms with E-state index in [0.29, 0.717) is 18.3 Å². The summed E-state index contributed by atoms with van der Waals surface area (Å²) in [5, 5.41) is 22.9. The molecule has 43 heavy (non-hydrogen) atoms. The summed E-state index contributed by atoms with van der Waals surface area (Å²) < 4.78 is 17.4. The van der Waals surface area contributed by atoms with Crippen LogP contribution in [-0.2, 0) is 23.8 Å². The van der Waals surface area contributed by atoms with Crippen LogP contribution in [0.3, 0.4) is 0 Å². The molecule has 0 aromatic carbocycles. The van der Waals surface area contributed by atoms with Crippen LogP contribution in [0.4, 0.5) is 0 Å². The third-order valence-corrected chi connectivity index (χ3v) is 14.5. The van der Waals surface area contributed by atoms with Crippen LogP contribution in [-0.4, -0.2) is 65.8 Å². The van der Waals surface area contributed by atoms with Crippen molar-refractivity contribution in [2.24, 2.45) is 56.5 Å². The quantitative estimate of drug-likeness (QED) is 0.313. The van der Waals surface area contributed by atoms with Crippen LogP contribution in [0.5, 0.6) is 0 Å². The first-order valence-electron chi connectivity index (χ1n) is 16.9. The van der Waals surface area contributed by atoms with E-state index in [1.807, 2.05) is 0 Å². The van der Waals surface area contributed by atoms with E-state index in [1.165, 1.54) is 19.8 Å². The second-order valence-electron chi connectivity index (χ2n) is 16.9. The summed E-state index contributed by atoms with van der Waals surface area (Å²) >= 11 is 0. The van der Waals surface area contributed by atoms with Gasteiger partial charge < -0.3 is 30.2 Å². The average Bonchev–Trinajstić information content (AvgIpc) is 3.54. The van der Waals surface area contributed by atoms with Gasteiger partial charge in [0.2, 0.25) is 0 Å². The lowest BCUT2D eigenvalue weighted by molar-refractivity contribution is -0.193. The van der Waals surface area contributed by atoms with Crippen molar-refractivity contribution in [3.8, 4) is 0 Å². The number of fused-ring (bicyclic) bond motifs is 2. The van der Waals surface area contributed by atoms with Crippen molar-refractivity contribution in [2.75, 3.05) is 13.7 Å². The van der Waals surface area contributed by atoms with E-state index in [-0.39, 0.29) is 63.6 Å². The number of methoxy groups -OCH3 is 1. The van der Waals surface area contributed by atoms with Gasteiger partial charge in [-0.25, -0.2) is 0 Å². The summed E-state index contributed by atoms with van der Waals surface area (Å²) in [4.78, 5) is 24.1. The maximum absolute atomic E-state index is 12.2. The first kappa shape index (κ1) is 33.2. The molecule has 0 aromatic heterocycles. The highest BCUT2D eigenvalue weighted by atomic mass is 16.6. The molecule has 8 nitrogen and oxygen atoms in total. The number of esters is 2. The van der Waals surface area contributed by atoms with E-state index in [4.69, 9.17) is 19.9 Å². The second kappa shape index (κ2) is 10.7. The minimum Gasteiger partial charge on any atom is -0.461 e. The fourth-order valence-electron chi connectivity index (χ4n) is 12.4. The van der Waals surface area contributed by atoms with Gasteiger partial charge in [0.1, 0.15) is 6.10 Å². The molecule has 5 saturated carbocycles. The first-order chi connectivity index (χ1) is 19.9. The Morgan fingerprint density at radius 3 is 2.23 bits per heavy atom. The zero-order valence-electron chi connectivity index (χ0n) is 28.2. The van der Waals surface area contributed by atoms with Gasteiger partial charge in [-0.15, -0.1) is 0 Å². The van der Waals surface area contributed by atoms with Crippen molar-refractivity contribution in [3.05, 3.63) is 0 Å². The molecular formula is C35H59NO7. The van der Waals surface area contributed by atoms with Crippen LogP contribution >= 0.6 is 0 Å². The number of ether oxygens (including phenoxy) is 3. The molecule has 5 fully saturated rings.